The zero-order chi connectivity index (χ0) is 16.7. The summed E-state index contributed by atoms with van der Waals surface area (Å²) < 4.78 is 4.86. The number of urea groups is 1. The normalized spacial score (nSPS) is 15.3. The minimum absolute atomic E-state index is 0.0363. The van der Waals surface area contributed by atoms with Crippen molar-refractivity contribution in [2.24, 2.45) is 0 Å². The fourth-order valence-electron chi connectivity index (χ4n) is 2.33. The number of rotatable bonds is 5. The monoisotopic (exact) mass is 320 g/mol. The van der Waals surface area contributed by atoms with Gasteiger partial charge in [-0.15, -0.1) is 0 Å². The summed E-state index contributed by atoms with van der Waals surface area (Å²) in [4.78, 5) is 28.1. The maximum atomic E-state index is 12.4. The molecular weight excluding hydrogens is 296 g/mol. The number of hydrogen-bond donors (Lipinski definition) is 2. The molecule has 1 aromatic carbocycles. The van der Waals surface area contributed by atoms with Crippen LogP contribution in [-0.2, 0) is 4.74 Å². The molecule has 0 saturated carbocycles. The molecule has 1 aliphatic rings. The van der Waals surface area contributed by atoms with E-state index in [4.69, 9.17) is 4.74 Å². The van der Waals surface area contributed by atoms with Crippen molar-refractivity contribution in [3.05, 3.63) is 29.8 Å². The van der Waals surface area contributed by atoms with Crippen molar-refractivity contribution in [3.63, 3.8) is 0 Å². The van der Waals surface area contributed by atoms with Gasteiger partial charge >= 0.3 is 6.03 Å². The second kappa shape index (κ2) is 8.50. The van der Waals surface area contributed by atoms with Crippen LogP contribution in [0.4, 0.5) is 10.5 Å². The van der Waals surface area contributed by atoms with Gasteiger partial charge < -0.3 is 25.2 Å². The first-order valence-corrected chi connectivity index (χ1v) is 7.72. The van der Waals surface area contributed by atoms with Gasteiger partial charge in [-0.1, -0.05) is 0 Å². The van der Waals surface area contributed by atoms with Gasteiger partial charge in [0.05, 0.1) is 6.61 Å². The van der Waals surface area contributed by atoms with E-state index in [1.165, 1.54) is 0 Å². The molecule has 3 amide bonds. The number of nitrogens with one attached hydrogen (secondary N) is 2. The van der Waals surface area contributed by atoms with Crippen molar-refractivity contribution in [1.82, 2.24) is 15.1 Å². The average Bonchev–Trinajstić information content (AvgIpc) is 2.56. The van der Waals surface area contributed by atoms with Gasteiger partial charge in [-0.25, -0.2) is 4.79 Å². The summed E-state index contributed by atoms with van der Waals surface area (Å²) in [6.45, 7) is 4.20. The van der Waals surface area contributed by atoms with Crippen LogP contribution in [0.5, 0.6) is 0 Å². The number of nitrogens with zero attached hydrogens (tertiary/aromatic N) is 2. The Balaban J connectivity index is 1.86. The quantitative estimate of drug-likeness (QED) is 0.789. The Morgan fingerprint density at radius 2 is 1.78 bits per heavy atom. The number of piperazine rings is 1. The lowest BCUT2D eigenvalue weighted by molar-refractivity contribution is 0.0664. The smallest absolute Gasteiger partial charge is 0.319 e. The third kappa shape index (κ3) is 5.22. The third-order valence-electron chi connectivity index (χ3n) is 3.77. The van der Waals surface area contributed by atoms with E-state index in [1.54, 1.807) is 31.4 Å². The number of likely N-dealkylation sites (N-methyl/N-ethyl adjacent to an activating group) is 1. The van der Waals surface area contributed by atoms with Gasteiger partial charge in [-0.05, 0) is 31.3 Å². The van der Waals surface area contributed by atoms with E-state index in [1.807, 2.05) is 4.90 Å². The van der Waals surface area contributed by atoms with E-state index in [0.717, 1.165) is 26.2 Å². The molecule has 1 aliphatic heterocycles. The first-order chi connectivity index (χ1) is 11.1. The minimum atomic E-state index is -0.291. The van der Waals surface area contributed by atoms with Crippen molar-refractivity contribution >= 4 is 17.6 Å². The Hall–Kier alpha value is -2.12. The van der Waals surface area contributed by atoms with E-state index in [-0.39, 0.29) is 11.9 Å². The average molecular weight is 320 g/mol. The van der Waals surface area contributed by atoms with Crippen LogP contribution in [0.25, 0.3) is 0 Å². The molecule has 0 radical (unpaired) electrons. The molecule has 7 heteroatoms. The fourth-order valence-corrected chi connectivity index (χ4v) is 2.33. The molecule has 0 unspecified atom stereocenters. The molecule has 1 aromatic rings. The summed E-state index contributed by atoms with van der Waals surface area (Å²) in [6.07, 6.45) is 0. The topological polar surface area (TPSA) is 73.9 Å². The van der Waals surface area contributed by atoms with Gasteiger partial charge in [-0.2, -0.15) is 0 Å². The first-order valence-electron chi connectivity index (χ1n) is 7.72. The van der Waals surface area contributed by atoms with Crippen LogP contribution in [-0.4, -0.2) is 75.2 Å². The number of anilines is 1. The SMILES string of the molecule is COCCNC(=O)Nc1ccc(C(=O)N2CCN(C)CC2)cc1. The maximum absolute atomic E-state index is 12.4. The Labute approximate surface area is 136 Å². The van der Waals surface area contributed by atoms with Gasteiger partial charge in [0.15, 0.2) is 0 Å². The van der Waals surface area contributed by atoms with Crippen LogP contribution in [0.1, 0.15) is 10.4 Å². The van der Waals surface area contributed by atoms with Gasteiger partial charge in [0, 0.05) is 51.1 Å². The summed E-state index contributed by atoms with van der Waals surface area (Å²) in [5.41, 5.74) is 1.29. The number of ether oxygens (including phenoxy) is 1. The number of benzene rings is 1. The molecule has 0 bridgehead atoms. The number of carbonyl (C=O) groups is 2. The van der Waals surface area contributed by atoms with Crippen molar-refractivity contribution in [2.75, 3.05) is 58.8 Å². The van der Waals surface area contributed by atoms with Crippen molar-refractivity contribution in [2.45, 2.75) is 0 Å². The van der Waals surface area contributed by atoms with Crippen molar-refractivity contribution in [3.8, 4) is 0 Å². The zero-order valence-corrected chi connectivity index (χ0v) is 13.7. The van der Waals surface area contributed by atoms with E-state index in [2.05, 4.69) is 22.6 Å². The molecule has 2 rings (SSSR count). The predicted molar refractivity (Wildman–Crippen MR) is 88.7 cm³/mol. The molecule has 1 saturated heterocycles. The van der Waals surface area contributed by atoms with Crippen molar-refractivity contribution in [1.29, 1.82) is 0 Å². The van der Waals surface area contributed by atoms with Gasteiger partial charge in [-0.3, -0.25) is 4.79 Å². The highest BCUT2D eigenvalue weighted by Crippen LogP contribution is 2.12. The molecule has 1 fully saturated rings. The lowest BCUT2D eigenvalue weighted by Gasteiger charge is -2.32. The molecule has 0 spiro atoms. The Bertz CT molecular complexity index is 525. The van der Waals surface area contributed by atoms with Crippen LogP contribution in [0.15, 0.2) is 24.3 Å². The number of methoxy groups -OCH3 is 1. The molecule has 23 heavy (non-hydrogen) atoms. The number of amides is 3. The van der Waals surface area contributed by atoms with E-state index >= 15 is 0 Å². The van der Waals surface area contributed by atoms with E-state index in [9.17, 15) is 9.59 Å². The third-order valence-corrected chi connectivity index (χ3v) is 3.77. The maximum Gasteiger partial charge on any atom is 0.319 e. The molecule has 2 N–H and O–H groups in total. The van der Waals surface area contributed by atoms with Crippen LogP contribution >= 0.6 is 0 Å². The predicted octanol–water partition coefficient (Wildman–Crippen LogP) is 0.842. The van der Waals surface area contributed by atoms with Gasteiger partial charge in [0.1, 0.15) is 0 Å². The van der Waals surface area contributed by atoms with Gasteiger partial charge in [0.2, 0.25) is 0 Å². The van der Waals surface area contributed by atoms with Crippen LogP contribution in [0, 0.1) is 0 Å². The van der Waals surface area contributed by atoms with Crippen molar-refractivity contribution < 1.29 is 14.3 Å². The molecule has 0 aromatic heterocycles. The molecule has 1 heterocycles. The highest BCUT2D eigenvalue weighted by atomic mass is 16.5. The van der Waals surface area contributed by atoms with Crippen LogP contribution < -0.4 is 10.6 Å². The summed E-state index contributed by atoms with van der Waals surface area (Å²) >= 11 is 0. The lowest BCUT2D eigenvalue weighted by atomic mass is 10.1. The second-order valence-corrected chi connectivity index (χ2v) is 5.55. The molecule has 0 atom stereocenters. The molecule has 7 nitrogen and oxygen atoms in total. The zero-order valence-electron chi connectivity index (χ0n) is 13.7. The first kappa shape index (κ1) is 17.2. The summed E-state index contributed by atoms with van der Waals surface area (Å²) in [7, 11) is 3.63. The second-order valence-electron chi connectivity index (χ2n) is 5.55. The van der Waals surface area contributed by atoms with Gasteiger partial charge in [0.25, 0.3) is 5.91 Å². The standard InChI is InChI=1S/C16H24N4O3/c1-19-8-10-20(11-9-19)15(21)13-3-5-14(6-4-13)18-16(22)17-7-12-23-2/h3-6H,7-12H2,1-2H3,(H2,17,18,22). The molecule has 126 valence electrons. The number of hydrogen-bond acceptors (Lipinski definition) is 4. The number of carbonyl (C=O) groups excluding carboxylic acids is 2. The highest BCUT2D eigenvalue weighted by Gasteiger charge is 2.20. The largest absolute Gasteiger partial charge is 0.383 e. The molecule has 0 aliphatic carbocycles. The minimum Gasteiger partial charge on any atom is -0.383 e. The molecular formula is C16H24N4O3. The lowest BCUT2D eigenvalue weighted by Crippen LogP contribution is -2.47. The van der Waals surface area contributed by atoms with E-state index < -0.39 is 0 Å². The summed E-state index contributed by atoms with van der Waals surface area (Å²) in [5, 5.41) is 5.39. The Kier molecular flexibility index (Phi) is 6.37. The fraction of sp³-hybridized carbons (Fsp3) is 0.500. The van der Waals surface area contributed by atoms with Crippen LogP contribution in [0.3, 0.4) is 0 Å². The Morgan fingerprint density at radius 3 is 2.39 bits per heavy atom. The highest BCUT2D eigenvalue weighted by molar-refractivity contribution is 5.95. The van der Waals surface area contributed by atoms with E-state index in [0.29, 0.717) is 24.4 Å². The summed E-state index contributed by atoms with van der Waals surface area (Å²) in [6, 6.07) is 6.66. The summed E-state index contributed by atoms with van der Waals surface area (Å²) in [5.74, 6) is 0.0363. The van der Waals surface area contributed by atoms with Crippen LogP contribution in [0.2, 0.25) is 0 Å². The Morgan fingerprint density at radius 1 is 1.13 bits per heavy atom.